The van der Waals surface area contributed by atoms with E-state index in [1.54, 1.807) is 6.20 Å². The van der Waals surface area contributed by atoms with Crippen molar-refractivity contribution in [3.8, 4) is 11.5 Å². The number of nitrogens with two attached hydrogens (primary N) is 1. The molecule has 2 N–H and O–H groups in total. The van der Waals surface area contributed by atoms with Crippen molar-refractivity contribution < 1.29 is 4.52 Å². The van der Waals surface area contributed by atoms with Crippen molar-refractivity contribution in [1.29, 1.82) is 0 Å². The van der Waals surface area contributed by atoms with Crippen molar-refractivity contribution in [3.05, 3.63) is 46.9 Å². The number of thiophene rings is 1. The predicted molar refractivity (Wildman–Crippen MR) is 73.8 cm³/mol. The molecule has 0 saturated carbocycles. The van der Waals surface area contributed by atoms with Gasteiger partial charge in [-0.3, -0.25) is 4.98 Å². The minimum atomic E-state index is 0.466. The van der Waals surface area contributed by atoms with E-state index in [-0.39, 0.29) is 0 Å². The van der Waals surface area contributed by atoms with Crippen molar-refractivity contribution in [2.45, 2.75) is 13.3 Å². The zero-order valence-corrected chi connectivity index (χ0v) is 11.1. The van der Waals surface area contributed by atoms with Gasteiger partial charge < -0.3 is 10.3 Å². The van der Waals surface area contributed by atoms with Gasteiger partial charge in [0, 0.05) is 16.8 Å². The maximum atomic E-state index is 5.91. The molecule has 0 spiro atoms. The van der Waals surface area contributed by atoms with Gasteiger partial charge in [0.15, 0.2) is 5.82 Å². The lowest BCUT2D eigenvalue weighted by molar-refractivity contribution is 0.424. The fourth-order valence-electron chi connectivity index (χ4n) is 1.80. The Morgan fingerprint density at radius 3 is 2.95 bits per heavy atom. The number of nitrogens with zero attached hydrogens (tertiary/aromatic N) is 3. The minimum absolute atomic E-state index is 0.466. The van der Waals surface area contributed by atoms with Crippen molar-refractivity contribution in [3.63, 3.8) is 0 Å². The van der Waals surface area contributed by atoms with E-state index >= 15 is 0 Å². The van der Waals surface area contributed by atoms with Crippen molar-refractivity contribution >= 4 is 16.3 Å². The van der Waals surface area contributed by atoms with Crippen LogP contribution in [0.4, 0.5) is 5.00 Å². The molecule has 0 saturated heterocycles. The van der Waals surface area contributed by atoms with Gasteiger partial charge in [-0.2, -0.15) is 4.98 Å². The summed E-state index contributed by atoms with van der Waals surface area (Å²) in [5, 5.41) is 4.66. The molecule has 0 radical (unpaired) electrons. The van der Waals surface area contributed by atoms with Crippen LogP contribution in [0.5, 0.6) is 0 Å². The summed E-state index contributed by atoms with van der Waals surface area (Å²) >= 11 is 1.51. The highest BCUT2D eigenvalue weighted by Crippen LogP contribution is 2.32. The first kappa shape index (κ1) is 11.9. The van der Waals surface area contributed by atoms with E-state index in [4.69, 9.17) is 10.3 Å². The number of aromatic nitrogens is 3. The lowest BCUT2D eigenvalue weighted by Crippen LogP contribution is -1.93. The molecule has 3 aromatic heterocycles. The van der Waals surface area contributed by atoms with Crippen LogP contribution in [0.1, 0.15) is 16.4 Å². The molecule has 0 aliphatic rings. The first-order valence-electron chi connectivity index (χ1n) is 5.81. The molecule has 0 fully saturated rings. The standard InChI is InChI=1S/C13H12N4OS/c1-8-6-10(12(14)19-8)13-16-11(17-18-13)7-9-4-2-3-5-15-9/h2-6H,7,14H2,1H3. The molecule has 19 heavy (non-hydrogen) atoms. The summed E-state index contributed by atoms with van der Waals surface area (Å²) in [5.74, 6) is 1.07. The molecule has 0 aliphatic carbocycles. The van der Waals surface area contributed by atoms with Gasteiger partial charge in [-0.1, -0.05) is 11.2 Å². The van der Waals surface area contributed by atoms with E-state index in [0.717, 1.165) is 16.1 Å². The Labute approximate surface area is 114 Å². The summed E-state index contributed by atoms with van der Waals surface area (Å²) in [6.45, 7) is 2.00. The maximum absolute atomic E-state index is 5.91. The van der Waals surface area contributed by atoms with Crippen molar-refractivity contribution in [1.82, 2.24) is 15.1 Å². The average molecular weight is 272 g/mol. The van der Waals surface area contributed by atoms with E-state index in [1.807, 2.05) is 31.2 Å². The maximum Gasteiger partial charge on any atom is 0.260 e. The Balaban J connectivity index is 1.86. The summed E-state index contributed by atoms with van der Waals surface area (Å²) in [4.78, 5) is 9.71. The molecule has 3 aromatic rings. The molecular weight excluding hydrogens is 260 g/mol. The van der Waals surface area contributed by atoms with Gasteiger partial charge in [0.2, 0.25) is 0 Å². The van der Waals surface area contributed by atoms with E-state index in [9.17, 15) is 0 Å². The summed E-state index contributed by atoms with van der Waals surface area (Å²) in [5.41, 5.74) is 7.63. The van der Waals surface area contributed by atoms with Crippen LogP contribution < -0.4 is 5.73 Å². The van der Waals surface area contributed by atoms with Gasteiger partial charge >= 0.3 is 0 Å². The topological polar surface area (TPSA) is 77.8 Å². The fourth-order valence-corrected chi connectivity index (χ4v) is 2.58. The molecule has 0 aromatic carbocycles. The highest BCUT2D eigenvalue weighted by molar-refractivity contribution is 7.16. The normalized spacial score (nSPS) is 10.8. The van der Waals surface area contributed by atoms with Gasteiger partial charge in [0.25, 0.3) is 5.89 Å². The van der Waals surface area contributed by atoms with Gasteiger partial charge in [-0.25, -0.2) is 0 Å². The molecule has 6 heteroatoms. The van der Waals surface area contributed by atoms with Gasteiger partial charge in [0.05, 0.1) is 17.0 Å². The monoisotopic (exact) mass is 272 g/mol. The molecule has 0 unspecified atom stereocenters. The lowest BCUT2D eigenvalue weighted by atomic mass is 10.2. The zero-order chi connectivity index (χ0) is 13.2. The summed E-state index contributed by atoms with van der Waals surface area (Å²) in [6, 6.07) is 7.70. The first-order valence-corrected chi connectivity index (χ1v) is 6.63. The Hall–Kier alpha value is -2.21. The Bertz CT molecular complexity index is 690. The second-order valence-electron chi connectivity index (χ2n) is 4.15. The van der Waals surface area contributed by atoms with E-state index in [2.05, 4.69) is 15.1 Å². The van der Waals surface area contributed by atoms with Crippen molar-refractivity contribution in [2.75, 3.05) is 5.73 Å². The number of anilines is 1. The predicted octanol–water partition coefficient (Wildman–Crippen LogP) is 2.67. The fraction of sp³-hybridized carbons (Fsp3) is 0.154. The third-order valence-corrected chi connectivity index (χ3v) is 3.53. The second-order valence-corrected chi connectivity index (χ2v) is 5.44. The molecule has 3 heterocycles. The van der Waals surface area contributed by atoms with Gasteiger partial charge in [-0.05, 0) is 25.1 Å². The van der Waals surface area contributed by atoms with Crippen molar-refractivity contribution in [2.24, 2.45) is 0 Å². The SMILES string of the molecule is Cc1cc(-c2nc(Cc3ccccn3)no2)c(N)s1. The largest absolute Gasteiger partial charge is 0.390 e. The zero-order valence-electron chi connectivity index (χ0n) is 10.3. The molecule has 0 amide bonds. The van der Waals surface area contributed by atoms with Crippen LogP contribution in [0.15, 0.2) is 35.0 Å². The van der Waals surface area contributed by atoms with E-state index < -0.39 is 0 Å². The number of hydrogen-bond donors (Lipinski definition) is 1. The number of rotatable bonds is 3. The Morgan fingerprint density at radius 1 is 1.37 bits per heavy atom. The van der Waals surface area contributed by atoms with Crippen LogP contribution >= 0.6 is 11.3 Å². The molecule has 5 nitrogen and oxygen atoms in total. The lowest BCUT2D eigenvalue weighted by Gasteiger charge is -1.93. The quantitative estimate of drug-likeness (QED) is 0.793. The summed E-state index contributed by atoms with van der Waals surface area (Å²) in [6.07, 6.45) is 2.30. The number of pyridine rings is 1. The second kappa shape index (κ2) is 4.81. The van der Waals surface area contributed by atoms with Crippen LogP contribution in [0.25, 0.3) is 11.5 Å². The Kier molecular flexibility index (Phi) is 3.00. The number of hydrogen-bond acceptors (Lipinski definition) is 6. The van der Waals surface area contributed by atoms with Crippen LogP contribution in [-0.4, -0.2) is 15.1 Å². The van der Waals surface area contributed by atoms with Crippen LogP contribution in [0.3, 0.4) is 0 Å². The van der Waals surface area contributed by atoms with Gasteiger partial charge in [-0.15, -0.1) is 11.3 Å². The minimum Gasteiger partial charge on any atom is -0.390 e. The molecule has 0 atom stereocenters. The molecule has 0 aliphatic heterocycles. The molecule has 96 valence electrons. The summed E-state index contributed by atoms with van der Waals surface area (Å²) < 4.78 is 5.25. The molecular formula is C13H12N4OS. The van der Waals surface area contributed by atoms with Gasteiger partial charge in [0.1, 0.15) is 0 Å². The highest BCUT2D eigenvalue weighted by Gasteiger charge is 2.14. The first-order chi connectivity index (χ1) is 9.22. The van der Waals surface area contributed by atoms with Crippen LogP contribution in [0, 0.1) is 6.92 Å². The summed E-state index contributed by atoms with van der Waals surface area (Å²) in [7, 11) is 0. The Morgan fingerprint density at radius 2 is 2.26 bits per heavy atom. The van der Waals surface area contributed by atoms with Crippen LogP contribution in [0.2, 0.25) is 0 Å². The smallest absolute Gasteiger partial charge is 0.260 e. The molecule has 0 bridgehead atoms. The van der Waals surface area contributed by atoms with E-state index in [1.165, 1.54) is 11.3 Å². The highest BCUT2D eigenvalue weighted by atomic mass is 32.1. The average Bonchev–Trinajstić information content (AvgIpc) is 2.97. The third-order valence-electron chi connectivity index (χ3n) is 2.65. The number of aryl methyl sites for hydroxylation is 1. The molecule has 3 rings (SSSR count). The third kappa shape index (κ3) is 2.48. The number of nitrogen functional groups attached to an aromatic ring is 1. The van der Waals surface area contributed by atoms with Crippen LogP contribution in [-0.2, 0) is 6.42 Å². The van der Waals surface area contributed by atoms with E-state index in [0.29, 0.717) is 23.1 Å².